The molecule has 0 atom stereocenters. The highest BCUT2D eigenvalue weighted by molar-refractivity contribution is 5.02. The van der Waals surface area contributed by atoms with Crippen molar-refractivity contribution >= 4 is 0 Å². The van der Waals surface area contributed by atoms with Crippen molar-refractivity contribution < 1.29 is 0 Å². The normalized spacial score (nSPS) is 20.3. The maximum Gasteiger partial charge on any atom is -0.0166 e. The third kappa shape index (κ3) is 6.39. The van der Waals surface area contributed by atoms with E-state index in [-0.39, 0.29) is 0 Å². The van der Waals surface area contributed by atoms with E-state index in [2.05, 4.69) is 30.4 Å². The molecule has 1 rings (SSSR count). The summed E-state index contributed by atoms with van der Waals surface area (Å²) in [5, 5.41) is 0. The van der Waals surface area contributed by atoms with Crippen LogP contribution in [-0.4, -0.2) is 0 Å². The molecule has 0 heteroatoms. The molecular formula is C13H19. The van der Waals surface area contributed by atoms with Crippen LogP contribution >= 0.6 is 0 Å². The first-order chi connectivity index (χ1) is 6.50. The van der Waals surface area contributed by atoms with Crippen molar-refractivity contribution in [3.8, 4) is 0 Å². The van der Waals surface area contributed by atoms with E-state index in [9.17, 15) is 0 Å². The van der Waals surface area contributed by atoms with Crippen LogP contribution in [0.3, 0.4) is 0 Å². The Balaban J connectivity index is 2.29. The molecule has 0 aromatic rings. The van der Waals surface area contributed by atoms with E-state index in [1.165, 1.54) is 32.1 Å². The second-order valence-electron chi connectivity index (χ2n) is 3.46. The summed E-state index contributed by atoms with van der Waals surface area (Å²) in [4.78, 5) is 0. The fourth-order valence-electron chi connectivity index (χ4n) is 1.43. The van der Waals surface area contributed by atoms with E-state index in [0.717, 1.165) is 12.8 Å². The molecule has 71 valence electrons. The van der Waals surface area contributed by atoms with Gasteiger partial charge in [0.1, 0.15) is 0 Å². The Hall–Kier alpha value is -0.780. The Labute approximate surface area is 82.0 Å². The number of hydrogen-bond acceptors (Lipinski definition) is 0. The fraction of sp³-hybridized carbons (Fsp3) is 0.538. The van der Waals surface area contributed by atoms with Gasteiger partial charge in [-0.15, -0.1) is 0 Å². The van der Waals surface area contributed by atoms with Crippen LogP contribution < -0.4 is 0 Å². The van der Waals surface area contributed by atoms with Crippen LogP contribution in [0.4, 0.5) is 0 Å². The lowest BCUT2D eigenvalue weighted by atomic mass is 10.1. The average molecular weight is 175 g/mol. The van der Waals surface area contributed by atoms with Gasteiger partial charge in [0, 0.05) is 0 Å². The Kier molecular flexibility index (Phi) is 6.22. The molecule has 0 aliphatic heterocycles. The van der Waals surface area contributed by atoms with Gasteiger partial charge in [-0.3, -0.25) is 0 Å². The van der Waals surface area contributed by atoms with E-state index >= 15 is 0 Å². The molecule has 1 aliphatic carbocycles. The van der Waals surface area contributed by atoms with Gasteiger partial charge >= 0.3 is 0 Å². The van der Waals surface area contributed by atoms with Crippen LogP contribution in [0.5, 0.6) is 0 Å². The molecule has 0 N–H and O–H groups in total. The van der Waals surface area contributed by atoms with Gasteiger partial charge in [0.25, 0.3) is 0 Å². The van der Waals surface area contributed by atoms with Gasteiger partial charge in [0.15, 0.2) is 0 Å². The summed E-state index contributed by atoms with van der Waals surface area (Å²) in [5.74, 6) is 0. The van der Waals surface area contributed by atoms with Gasteiger partial charge in [-0.1, -0.05) is 43.2 Å². The van der Waals surface area contributed by atoms with Crippen molar-refractivity contribution in [2.24, 2.45) is 0 Å². The first-order valence-electron chi connectivity index (χ1n) is 5.37. The lowest BCUT2D eigenvalue weighted by Crippen LogP contribution is -1.76. The molecule has 0 unspecified atom stereocenters. The summed E-state index contributed by atoms with van der Waals surface area (Å²) < 4.78 is 0. The summed E-state index contributed by atoms with van der Waals surface area (Å²) in [6.07, 6.45) is 23.0. The molecule has 0 fully saturated rings. The van der Waals surface area contributed by atoms with E-state index < -0.39 is 0 Å². The first-order valence-corrected chi connectivity index (χ1v) is 5.37. The van der Waals surface area contributed by atoms with Crippen molar-refractivity contribution in [2.75, 3.05) is 0 Å². The zero-order chi connectivity index (χ0) is 9.19. The second kappa shape index (κ2) is 7.85. The van der Waals surface area contributed by atoms with Gasteiger partial charge in [0.2, 0.25) is 0 Å². The van der Waals surface area contributed by atoms with Crippen molar-refractivity contribution in [1.29, 1.82) is 0 Å². The maximum atomic E-state index is 3.29. The Morgan fingerprint density at radius 3 is 2.77 bits per heavy atom. The lowest BCUT2D eigenvalue weighted by molar-refractivity contribution is 0.649. The molecule has 0 aromatic carbocycles. The molecule has 0 saturated heterocycles. The van der Waals surface area contributed by atoms with E-state index in [4.69, 9.17) is 0 Å². The molecule has 0 amide bonds. The zero-order valence-corrected chi connectivity index (χ0v) is 8.34. The molecule has 0 saturated carbocycles. The summed E-state index contributed by atoms with van der Waals surface area (Å²) in [6.45, 7) is 0. The van der Waals surface area contributed by atoms with Crippen LogP contribution in [0, 0.1) is 6.08 Å². The Bertz CT molecular complexity index is 184. The fourth-order valence-corrected chi connectivity index (χ4v) is 1.43. The highest BCUT2D eigenvalue weighted by Crippen LogP contribution is 2.07. The molecule has 0 bridgehead atoms. The van der Waals surface area contributed by atoms with E-state index in [1.54, 1.807) is 0 Å². The Morgan fingerprint density at radius 2 is 1.77 bits per heavy atom. The van der Waals surface area contributed by atoms with Gasteiger partial charge in [-0.05, 0) is 38.2 Å². The minimum absolute atomic E-state index is 1.07. The maximum absolute atomic E-state index is 3.29. The van der Waals surface area contributed by atoms with Crippen LogP contribution in [-0.2, 0) is 0 Å². The van der Waals surface area contributed by atoms with E-state index in [1.807, 2.05) is 6.08 Å². The van der Waals surface area contributed by atoms with Crippen LogP contribution in [0.15, 0.2) is 30.4 Å². The summed E-state index contributed by atoms with van der Waals surface area (Å²) in [6, 6.07) is 0. The van der Waals surface area contributed by atoms with Crippen molar-refractivity contribution in [3.63, 3.8) is 0 Å². The topological polar surface area (TPSA) is 0 Å². The van der Waals surface area contributed by atoms with Gasteiger partial charge < -0.3 is 0 Å². The number of rotatable bonds is 0. The van der Waals surface area contributed by atoms with Gasteiger partial charge in [-0.2, -0.15) is 0 Å². The SMILES string of the molecule is [C]1=CC=CCC=CCCCCCC1. The molecule has 0 aromatic heterocycles. The Morgan fingerprint density at radius 1 is 0.846 bits per heavy atom. The largest absolute Gasteiger partial charge is 0.0882 e. The summed E-state index contributed by atoms with van der Waals surface area (Å²) in [7, 11) is 0. The second-order valence-corrected chi connectivity index (χ2v) is 3.46. The third-order valence-electron chi connectivity index (χ3n) is 2.23. The van der Waals surface area contributed by atoms with E-state index in [0.29, 0.717) is 0 Å². The van der Waals surface area contributed by atoms with Crippen molar-refractivity contribution in [2.45, 2.75) is 44.9 Å². The standard InChI is InChI=1S/C13H19/c1-2-4-6-8-10-12-13-11-9-7-5-3-1/h1-3,6,8H,4,7,9-13H2. The predicted octanol–water partition coefficient (Wildman–Crippen LogP) is 4.20. The minimum atomic E-state index is 1.07. The average Bonchev–Trinajstić information content (AvgIpc) is 2.18. The molecule has 1 radical (unpaired) electrons. The molecular weight excluding hydrogens is 156 g/mol. The summed E-state index contributed by atoms with van der Waals surface area (Å²) >= 11 is 0. The zero-order valence-electron chi connectivity index (χ0n) is 8.34. The van der Waals surface area contributed by atoms with Crippen LogP contribution in [0.25, 0.3) is 0 Å². The smallest absolute Gasteiger partial charge is 0.0166 e. The van der Waals surface area contributed by atoms with Crippen LogP contribution in [0.1, 0.15) is 44.9 Å². The molecule has 0 heterocycles. The van der Waals surface area contributed by atoms with Crippen molar-refractivity contribution in [3.05, 3.63) is 36.5 Å². The molecule has 1 aliphatic rings. The van der Waals surface area contributed by atoms with Crippen LogP contribution in [0.2, 0.25) is 0 Å². The highest BCUT2D eigenvalue weighted by atomic mass is 13.9. The predicted molar refractivity (Wildman–Crippen MR) is 58.4 cm³/mol. The van der Waals surface area contributed by atoms with Crippen molar-refractivity contribution in [1.82, 2.24) is 0 Å². The molecule has 0 spiro atoms. The highest BCUT2D eigenvalue weighted by Gasteiger charge is 1.87. The van der Waals surface area contributed by atoms with Gasteiger partial charge in [0.05, 0.1) is 0 Å². The van der Waals surface area contributed by atoms with Gasteiger partial charge in [-0.25, -0.2) is 0 Å². The monoisotopic (exact) mass is 175 g/mol. The quantitative estimate of drug-likeness (QED) is 0.484. The lowest BCUT2D eigenvalue weighted by Gasteiger charge is -1.95. The third-order valence-corrected chi connectivity index (χ3v) is 2.23. The molecule has 0 nitrogen and oxygen atoms in total. The molecule has 13 heavy (non-hydrogen) atoms. The number of hydrogen-bond donors (Lipinski definition) is 0. The summed E-state index contributed by atoms with van der Waals surface area (Å²) in [5.41, 5.74) is 0. The number of allylic oxidation sites excluding steroid dienone is 6. The minimum Gasteiger partial charge on any atom is -0.0882 e. The first kappa shape index (κ1) is 10.3.